The maximum atomic E-state index is 11.8. The van der Waals surface area contributed by atoms with E-state index in [4.69, 9.17) is 4.74 Å². The van der Waals surface area contributed by atoms with Gasteiger partial charge in [-0.05, 0) is 30.7 Å². The molecule has 0 aliphatic rings. The zero-order chi connectivity index (χ0) is 21.9. The van der Waals surface area contributed by atoms with Crippen LogP contribution < -0.4 is 15.4 Å². The van der Waals surface area contributed by atoms with Gasteiger partial charge in [-0.15, -0.1) is 10.2 Å². The number of rotatable bonds is 7. The Morgan fingerprint density at radius 3 is 2.30 bits per heavy atom. The topological polar surface area (TPSA) is 141 Å². The van der Waals surface area contributed by atoms with Crippen molar-refractivity contribution in [1.29, 1.82) is 0 Å². The number of amides is 2. The minimum absolute atomic E-state index is 0.0139. The van der Waals surface area contributed by atoms with Crippen LogP contribution in [0.4, 0.5) is 32.6 Å². The van der Waals surface area contributed by atoms with Gasteiger partial charge in [0.05, 0.1) is 14.2 Å². The van der Waals surface area contributed by atoms with Gasteiger partial charge in [0.15, 0.2) is 11.6 Å². The number of carbonyl (C=O) groups excluding carboxylic acids is 3. The molecule has 0 aliphatic heterocycles. The number of nitrogens with one attached hydrogen (secondary N) is 2. The molecular formula is C19H21N5O6. The Hall–Kier alpha value is -4.02. The summed E-state index contributed by atoms with van der Waals surface area (Å²) < 4.78 is 14.4. The lowest BCUT2D eigenvalue weighted by atomic mass is 10.3. The van der Waals surface area contributed by atoms with E-state index in [-0.39, 0.29) is 35.5 Å². The minimum Gasteiger partial charge on any atom is -0.453 e. The molecule has 0 saturated heterocycles. The predicted molar refractivity (Wildman–Crippen MR) is 107 cm³/mol. The molecule has 0 fully saturated rings. The summed E-state index contributed by atoms with van der Waals surface area (Å²) in [6, 6.07) is 9.54. The number of para-hydroxylation sites is 1. The van der Waals surface area contributed by atoms with Crippen molar-refractivity contribution >= 4 is 41.2 Å². The lowest BCUT2D eigenvalue weighted by Crippen LogP contribution is -2.15. The van der Waals surface area contributed by atoms with Crippen LogP contribution in [0.5, 0.6) is 5.75 Å². The van der Waals surface area contributed by atoms with Crippen LogP contribution in [0.3, 0.4) is 0 Å². The number of hydrogen-bond acceptors (Lipinski definition) is 9. The van der Waals surface area contributed by atoms with Gasteiger partial charge < -0.3 is 14.2 Å². The van der Waals surface area contributed by atoms with Gasteiger partial charge in [-0.3, -0.25) is 15.4 Å². The Labute approximate surface area is 172 Å². The van der Waals surface area contributed by atoms with E-state index in [0.717, 1.165) is 0 Å². The lowest BCUT2D eigenvalue weighted by Gasteiger charge is -2.09. The highest BCUT2D eigenvalue weighted by atomic mass is 16.5. The molecule has 2 amide bonds. The summed E-state index contributed by atoms with van der Waals surface area (Å²) in [5, 5.41) is 12.9. The monoisotopic (exact) mass is 415 g/mol. The number of benzene rings is 1. The van der Waals surface area contributed by atoms with Gasteiger partial charge >= 0.3 is 18.2 Å². The summed E-state index contributed by atoms with van der Waals surface area (Å²) >= 11 is 0. The third kappa shape index (κ3) is 6.55. The van der Waals surface area contributed by atoms with Crippen molar-refractivity contribution in [3.05, 3.63) is 36.4 Å². The summed E-state index contributed by atoms with van der Waals surface area (Å²) in [7, 11) is 2.39. The molecule has 0 spiro atoms. The number of nitrogens with zero attached hydrogens (tertiary/aromatic N) is 3. The third-order valence-electron chi connectivity index (χ3n) is 3.50. The van der Waals surface area contributed by atoms with E-state index in [0.29, 0.717) is 12.1 Å². The molecule has 158 valence electrons. The number of carbonyl (C=O) groups is 3. The molecule has 1 aromatic heterocycles. The van der Waals surface area contributed by atoms with Crippen LogP contribution in [-0.4, -0.2) is 37.4 Å². The first kappa shape index (κ1) is 22.3. The molecule has 0 atom stereocenters. The van der Waals surface area contributed by atoms with Crippen molar-refractivity contribution in [3.63, 3.8) is 0 Å². The molecule has 2 rings (SSSR count). The zero-order valence-corrected chi connectivity index (χ0v) is 16.7. The highest BCUT2D eigenvalue weighted by Gasteiger charge is 2.13. The zero-order valence-electron chi connectivity index (χ0n) is 16.7. The number of azo groups is 1. The molecule has 2 N–H and O–H groups in total. The number of ether oxygens (including phenoxy) is 3. The Balaban J connectivity index is 2.32. The van der Waals surface area contributed by atoms with Gasteiger partial charge in [0.25, 0.3) is 0 Å². The maximum absolute atomic E-state index is 11.8. The minimum atomic E-state index is -0.789. The second-order valence-corrected chi connectivity index (χ2v) is 5.69. The molecule has 30 heavy (non-hydrogen) atoms. The molecular weight excluding hydrogens is 394 g/mol. The van der Waals surface area contributed by atoms with E-state index in [1.807, 2.05) is 6.92 Å². The van der Waals surface area contributed by atoms with Crippen molar-refractivity contribution in [1.82, 2.24) is 4.98 Å². The number of esters is 1. The molecule has 0 radical (unpaired) electrons. The SMILES string of the molecule is CCCC(=O)Oc1ccccc1N=Nc1ccc(NC(=O)OC)nc1NC(=O)OC. The van der Waals surface area contributed by atoms with Crippen molar-refractivity contribution in [2.24, 2.45) is 10.2 Å². The van der Waals surface area contributed by atoms with Gasteiger partial charge in [-0.25, -0.2) is 14.6 Å². The molecule has 0 saturated carbocycles. The molecule has 11 nitrogen and oxygen atoms in total. The summed E-state index contributed by atoms with van der Waals surface area (Å²) in [6.07, 6.45) is -0.591. The average molecular weight is 415 g/mol. The standard InChI is InChI=1S/C19H21N5O6/c1-4-7-16(25)30-14-9-6-5-8-12(14)23-24-13-10-11-15(21-18(26)28-2)20-17(13)22-19(27)29-3/h5-6,8-11H,4,7H2,1-3H3,(H2,20,21,22,26,27). The fourth-order valence-electron chi connectivity index (χ4n) is 2.11. The lowest BCUT2D eigenvalue weighted by molar-refractivity contribution is -0.134. The average Bonchev–Trinajstić information content (AvgIpc) is 2.74. The fraction of sp³-hybridized carbons (Fsp3) is 0.263. The third-order valence-corrected chi connectivity index (χ3v) is 3.50. The first-order valence-electron chi connectivity index (χ1n) is 8.89. The van der Waals surface area contributed by atoms with E-state index < -0.39 is 12.2 Å². The van der Waals surface area contributed by atoms with Crippen LogP contribution in [0.25, 0.3) is 0 Å². The van der Waals surface area contributed by atoms with Gasteiger partial charge in [0.1, 0.15) is 17.2 Å². The largest absolute Gasteiger partial charge is 0.453 e. The quantitative estimate of drug-likeness (QED) is 0.384. The van der Waals surface area contributed by atoms with E-state index in [9.17, 15) is 14.4 Å². The number of pyridine rings is 1. The first-order valence-corrected chi connectivity index (χ1v) is 8.89. The number of hydrogen-bond donors (Lipinski definition) is 2. The molecule has 11 heteroatoms. The Kier molecular flexibility index (Phi) is 8.24. The second-order valence-electron chi connectivity index (χ2n) is 5.69. The summed E-state index contributed by atoms with van der Waals surface area (Å²) in [6.45, 7) is 1.87. The number of methoxy groups -OCH3 is 2. The molecule has 0 aliphatic carbocycles. The van der Waals surface area contributed by atoms with Crippen molar-refractivity contribution in [2.75, 3.05) is 24.9 Å². The van der Waals surface area contributed by atoms with Crippen LogP contribution in [0.1, 0.15) is 19.8 Å². The van der Waals surface area contributed by atoms with Crippen LogP contribution in [0.2, 0.25) is 0 Å². The predicted octanol–water partition coefficient (Wildman–Crippen LogP) is 4.56. The van der Waals surface area contributed by atoms with E-state index >= 15 is 0 Å². The van der Waals surface area contributed by atoms with Gasteiger partial charge in [-0.2, -0.15) is 0 Å². The molecule has 1 aromatic carbocycles. The highest BCUT2D eigenvalue weighted by Crippen LogP contribution is 2.31. The van der Waals surface area contributed by atoms with Crippen LogP contribution in [0, 0.1) is 0 Å². The molecule has 0 bridgehead atoms. The van der Waals surface area contributed by atoms with E-state index in [1.54, 1.807) is 24.3 Å². The molecule has 1 heterocycles. The van der Waals surface area contributed by atoms with E-state index in [1.165, 1.54) is 26.4 Å². The normalized spacial score (nSPS) is 10.4. The Bertz CT molecular complexity index is 947. The highest BCUT2D eigenvalue weighted by molar-refractivity contribution is 5.89. The number of aromatic nitrogens is 1. The fourth-order valence-corrected chi connectivity index (χ4v) is 2.11. The van der Waals surface area contributed by atoms with Crippen molar-refractivity contribution < 1.29 is 28.6 Å². The van der Waals surface area contributed by atoms with Crippen molar-refractivity contribution in [2.45, 2.75) is 19.8 Å². The van der Waals surface area contributed by atoms with Crippen LogP contribution in [-0.2, 0) is 14.3 Å². The second kappa shape index (κ2) is 11.1. The van der Waals surface area contributed by atoms with Crippen LogP contribution in [0.15, 0.2) is 46.6 Å². The van der Waals surface area contributed by atoms with Gasteiger partial charge in [0.2, 0.25) is 0 Å². The van der Waals surface area contributed by atoms with Crippen molar-refractivity contribution in [3.8, 4) is 5.75 Å². The molecule has 0 unspecified atom stereocenters. The Morgan fingerprint density at radius 2 is 1.60 bits per heavy atom. The van der Waals surface area contributed by atoms with E-state index in [2.05, 4.69) is 35.3 Å². The summed E-state index contributed by atoms with van der Waals surface area (Å²) in [4.78, 5) is 38.9. The Morgan fingerprint density at radius 1 is 0.933 bits per heavy atom. The first-order chi connectivity index (χ1) is 14.5. The summed E-state index contributed by atoms with van der Waals surface area (Å²) in [5.74, 6) is -0.0340. The maximum Gasteiger partial charge on any atom is 0.412 e. The molecule has 2 aromatic rings. The van der Waals surface area contributed by atoms with Gasteiger partial charge in [-0.1, -0.05) is 19.1 Å². The number of anilines is 2. The van der Waals surface area contributed by atoms with Gasteiger partial charge in [0, 0.05) is 6.42 Å². The smallest absolute Gasteiger partial charge is 0.412 e. The van der Waals surface area contributed by atoms with Crippen LogP contribution >= 0.6 is 0 Å². The summed E-state index contributed by atoms with van der Waals surface area (Å²) in [5.41, 5.74) is 0.480.